The molecule has 3 nitrogen and oxygen atoms in total. The van der Waals surface area contributed by atoms with Crippen LogP contribution in [0.1, 0.15) is 88.2 Å². The van der Waals surface area contributed by atoms with Crippen molar-refractivity contribution in [2.45, 2.75) is 77.0 Å². The Morgan fingerprint density at radius 2 is 1.30 bits per heavy atom. The fourth-order valence-electron chi connectivity index (χ4n) is 5.80. The van der Waals surface area contributed by atoms with E-state index in [0.29, 0.717) is 37.2 Å². The second kappa shape index (κ2) is 12.1. The third-order valence-corrected chi connectivity index (χ3v) is 7.84. The first-order chi connectivity index (χ1) is 17.8. The highest BCUT2D eigenvalue weighted by Gasteiger charge is 2.32. The lowest BCUT2D eigenvalue weighted by Gasteiger charge is -2.28. The minimum atomic E-state index is -1.14. The van der Waals surface area contributed by atoms with Crippen molar-refractivity contribution in [2.24, 2.45) is 11.8 Å². The smallest absolute Gasteiger partial charge is 0.314 e. The van der Waals surface area contributed by atoms with Gasteiger partial charge in [0.15, 0.2) is 23.1 Å². The Hall–Kier alpha value is -2.83. The second-order valence-electron chi connectivity index (χ2n) is 10.1. The van der Waals surface area contributed by atoms with E-state index in [-0.39, 0.29) is 29.8 Å². The molecule has 2 aliphatic rings. The zero-order chi connectivity index (χ0) is 26.5. The molecule has 7 heteroatoms. The van der Waals surface area contributed by atoms with Gasteiger partial charge in [-0.3, -0.25) is 4.79 Å². The maximum Gasteiger partial charge on any atom is 0.314 e. The summed E-state index contributed by atoms with van der Waals surface area (Å²) < 4.78 is 69.0. The monoisotopic (exact) mass is 518 g/mol. The van der Waals surface area contributed by atoms with E-state index < -0.39 is 40.9 Å². The fourth-order valence-corrected chi connectivity index (χ4v) is 5.80. The molecule has 37 heavy (non-hydrogen) atoms. The van der Waals surface area contributed by atoms with Crippen molar-refractivity contribution >= 4 is 5.97 Å². The van der Waals surface area contributed by atoms with Crippen LogP contribution in [0.4, 0.5) is 17.6 Å². The van der Waals surface area contributed by atoms with Gasteiger partial charge in [0, 0.05) is 0 Å². The van der Waals surface area contributed by atoms with Gasteiger partial charge in [0.25, 0.3) is 0 Å². The zero-order valence-corrected chi connectivity index (χ0v) is 21.4. The standard InChI is InChI=1S/C30H34F4O3/c1-3-5-18-6-8-19(9-7-18)23-15-17-25(29(34)27(23)32)37-30(35)21-12-10-20(11-13-21)22-14-16-24(36-4-2)28(33)26(22)31/h3,5,14-21H,4,6-13H2,1-2H3/b5-3+. The van der Waals surface area contributed by atoms with Crippen LogP contribution >= 0.6 is 0 Å². The molecule has 4 rings (SSSR count). The molecule has 0 atom stereocenters. The van der Waals surface area contributed by atoms with E-state index in [0.717, 1.165) is 25.7 Å². The van der Waals surface area contributed by atoms with Crippen molar-refractivity contribution in [2.75, 3.05) is 6.61 Å². The first kappa shape index (κ1) is 27.2. The summed E-state index contributed by atoms with van der Waals surface area (Å²) in [5.74, 6) is -5.51. The highest BCUT2D eigenvalue weighted by atomic mass is 19.2. The first-order valence-electron chi connectivity index (χ1n) is 13.3. The predicted octanol–water partition coefficient (Wildman–Crippen LogP) is 8.37. The Kier molecular flexibility index (Phi) is 8.93. The van der Waals surface area contributed by atoms with Crippen molar-refractivity contribution in [1.82, 2.24) is 0 Å². The Labute approximate surface area is 215 Å². The van der Waals surface area contributed by atoms with E-state index in [1.54, 1.807) is 6.92 Å². The molecule has 200 valence electrons. The number of hydrogen-bond donors (Lipinski definition) is 0. The Morgan fingerprint density at radius 3 is 1.84 bits per heavy atom. The van der Waals surface area contributed by atoms with Crippen LogP contribution in [0.15, 0.2) is 36.4 Å². The number of ether oxygens (including phenoxy) is 2. The van der Waals surface area contributed by atoms with Crippen LogP contribution in [0.25, 0.3) is 0 Å². The van der Waals surface area contributed by atoms with Crippen molar-refractivity contribution in [3.8, 4) is 11.5 Å². The van der Waals surface area contributed by atoms with Gasteiger partial charge in [-0.05, 0) is 106 Å². The van der Waals surface area contributed by atoms with E-state index in [2.05, 4.69) is 6.08 Å². The summed E-state index contributed by atoms with van der Waals surface area (Å²) in [4.78, 5) is 12.7. The van der Waals surface area contributed by atoms with Crippen LogP contribution in [0, 0.1) is 35.1 Å². The molecule has 0 bridgehead atoms. The molecule has 0 heterocycles. The topological polar surface area (TPSA) is 35.5 Å². The predicted molar refractivity (Wildman–Crippen MR) is 134 cm³/mol. The van der Waals surface area contributed by atoms with Gasteiger partial charge in [-0.2, -0.15) is 8.78 Å². The van der Waals surface area contributed by atoms with E-state index >= 15 is 0 Å². The number of benzene rings is 2. The van der Waals surface area contributed by atoms with E-state index in [1.165, 1.54) is 24.3 Å². The SMILES string of the molecule is C/C=C/C1CCC(c2ccc(OC(=O)C3CCC(c4ccc(OCC)c(F)c4F)CC3)c(F)c2F)CC1. The molecule has 2 aromatic rings. The van der Waals surface area contributed by atoms with Crippen molar-refractivity contribution < 1.29 is 31.8 Å². The lowest BCUT2D eigenvalue weighted by Crippen LogP contribution is -2.26. The number of hydrogen-bond acceptors (Lipinski definition) is 3. The van der Waals surface area contributed by atoms with Gasteiger partial charge in [0.1, 0.15) is 0 Å². The largest absolute Gasteiger partial charge is 0.491 e. The molecule has 2 saturated carbocycles. The normalized spacial score (nSPS) is 24.3. The third-order valence-electron chi connectivity index (χ3n) is 7.84. The van der Waals surface area contributed by atoms with Crippen LogP contribution in [-0.4, -0.2) is 12.6 Å². The van der Waals surface area contributed by atoms with Gasteiger partial charge in [0.2, 0.25) is 11.6 Å². The Morgan fingerprint density at radius 1 is 0.784 bits per heavy atom. The molecule has 0 aromatic heterocycles. The summed E-state index contributed by atoms with van der Waals surface area (Å²) in [5, 5.41) is 0. The molecular weight excluding hydrogens is 484 g/mol. The summed E-state index contributed by atoms with van der Waals surface area (Å²) in [7, 11) is 0. The molecule has 0 saturated heterocycles. The van der Waals surface area contributed by atoms with Crippen LogP contribution in [-0.2, 0) is 4.79 Å². The van der Waals surface area contributed by atoms with Gasteiger partial charge < -0.3 is 9.47 Å². The Balaban J connectivity index is 1.36. The van der Waals surface area contributed by atoms with Crippen molar-refractivity contribution in [3.05, 3.63) is 70.8 Å². The minimum absolute atomic E-state index is 0.0520. The molecule has 0 N–H and O–H groups in total. The third kappa shape index (κ3) is 6.02. The average molecular weight is 519 g/mol. The van der Waals surface area contributed by atoms with E-state index in [1.807, 2.05) is 13.0 Å². The van der Waals surface area contributed by atoms with Gasteiger partial charge >= 0.3 is 5.97 Å². The van der Waals surface area contributed by atoms with Gasteiger partial charge in [-0.15, -0.1) is 0 Å². The van der Waals surface area contributed by atoms with Crippen molar-refractivity contribution in [1.29, 1.82) is 0 Å². The minimum Gasteiger partial charge on any atom is -0.491 e. The molecule has 0 amide bonds. The van der Waals surface area contributed by atoms with E-state index in [9.17, 15) is 22.4 Å². The summed E-state index contributed by atoms with van der Waals surface area (Å²) in [6.45, 7) is 3.90. The molecule has 0 radical (unpaired) electrons. The van der Waals surface area contributed by atoms with Gasteiger partial charge in [0.05, 0.1) is 12.5 Å². The molecule has 0 aliphatic heterocycles. The van der Waals surface area contributed by atoms with Crippen LogP contribution in [0.5, 0.6) is 11.5 Å². The quantitative estimate of drug-likeness (QED) is 0.160. The number of allylic oxidation sites excluding steroid dienone is 2. The number of halogens is 4. The average Bonchev–Trinajstić information content (AvgIpc) is 2.91. The van der Waals surface area contributed by atoms with Gasteiger partial charge in [-0.25, -0.2) is 8.78 Å². The molecular formula is C30H34F4O3. The van der Waals surface area contributed by atoms with E-state index in [4.69, 9.17) is 9.47 Å². The second-order valence-corrected chi connectivity index (χ2v) is 10.1. The molecule has 0 unspecified atom stereocenters. The van der Waals surface area contributed by atoms with Crippen molar-refractivity contribution in [3.63, 3.8) is 0 Å². The number of rotatable bonds is 7. The summed E-state index contributed by atoms with van der Waals surface area (Å²) in [5.41, 5.74) is 0.595. The maximum absolute atomic E-state index is 14.9. The molecule has 2 aromatic carbocycles. The van der Waals surface area contributed by atoms with Crippen LogP contribution in [0.3, 0.4) is 0 Å². The summed E-state index contributed by atoms with van der Waals surface area (Å²) in [6.07, 6.45) is 9.30. The first-order valence-corrected chi connectivity index (χ1v) is 13.3. The van der Waals surface area contributed by atoms with Gasteiger partial charge in [-0.1, -0.05) is 24.3 Å². The maximum atomic E-state index is 14.9. The number of carbonyl (C=O) groups excluding carboxylic acids is 1. The molecule has 2 aliphatic carbocycles. The highest BCUT2D eigenvalue weighted by molar-refractivity contribution is 5.75. The number of esters is 1. The lowest BCUT2D eigenvalue weighted by atomic mass is 9.78. The highest BCUT2D eigenvalue weighted by Crippen LogP contribution is 2.41. The van der Waals surface area contributed by atoms with Crippen LogP contribution in [0.2, 0.25) is 0 Å². The molecule has 0 spiro atoms. The summed E-state index contributed by atoms with van der Waals surface area (Å²) >= 11 is 0. The fraction of sp³-hybridized carbons (Fsp3) is 0.500. The van der Waals surface area contributed by atoms with Crippen LogP contribution < -0.4 is 9.47 Å². The summed E-state index contributed by atoms with van der Waals surface area (Å²) in [6, 6.07) is 5.82. The Bertz CT molecular complexity index is 1130. The molecule has 2 fully saturated rings. The number of carbonyl (C=O) groups is 1. The zero-order valence-electron chi connectivity index (χ0n) is 21.4. The lowest BCUT2D eigenvalue weighted by molar-refractivity contribution is -0.140.